The Labute approximate surface area is 194 Å². The highest BCUT2D eigenvalue weighted by Gasteiger charge is 2.35. The van der Waals surface area contributed by atoms with Crippen LogP contribution in [0.15, 0.2) is 69.9 Å². The highest BCUT2D eigenvalue weighted by Crippen LogP contribution is 2.33. The molecule has 10 heteroatoms. The normalized spacial score (nSPS) is 12.6. The molecule has 1 aromatic heterocycles. The molecule has 0 aliphatic heterocycles. The predicted octanol–water partition coefficient (Wildman–Crippen LogP) is 6.31. The Morgan fingerprint density at radius 1 is 1.09 bits per heavy atom. The van der Waals surface area contributed by atoms with Gasteiger partial charge in [-0.05, 0) is 53.8 Å². The first-order chi connectivity index (χ1) is 15.5. The van der Waals surface area contributed by atoms with Gasteiger partial charge in [0.15, 0.2) is 9.84 Å². The van der Waals surface area contributed by atoms with E-state index in [1.54, 1.807) is 54.8 Å². The number of sulfone groups is 1. The van der Waals surface area contributed by atoms with E-state index < -0.39 is 28.1 Å². The SMILES string of the molecule is CCOc1ccccc1N=C(CC(=N)C(F)(F)F)c1cc(-c2cccc(S(C)(=O)=O)c2)cs1. The average Bonchev–Trinajstić information content (AvgIpc) is 3.24. The highest BCUT2D eigenvalue weighted by molar-refractivity contribution is 7.90. The summed E-state index contributed by atoms with van der Waals surface area (Å²) in [6.07, 6.45) is -4.38. The molecule has 2 aromatic carbocycles. The van der Waals surface area contributed by atoms with Gasteiger partial charge in [-0.25, -0.2) is 13.4 Å². The van der Waals surface area contributed by atoms with Crippen LogP contribution in [0.5, 0.6) is 5.75 Å². The molecule has 0 fully saturated rings. The molecular weight excluding hydrogens is 473 g/mol. The van der Waals surface area contributed by atoms with Gasteiger partial charge in [0, 0.05) is 17.6 Å². The zero-order chi connectivity index (χ0) is 24.2. The molecule has 0 aliphatic carbocycles. The number of para-hydroxylation sites is 2. The summed E-state index contributed by atoms with van der Waals surface area (Å²) in [4.78, 5) is 5.01. The molecule has 0 bridgehead atoms. The number of ether oxygens (including phenoxy) is 1. The Morgan fingerprint density at radius 3 is 2.48 bits per heavy atom. The van der Waals surface area contributed by atoms with Gasteiger partial charge in [-0.3, -0.25) is 0 Å². The van der Waals surface area contributed by atoms with Crippen molar-refractivity contribution in [2.45, 2.75) is 24.4 Å². The van der Waals surface area contributed by atoms with Crippen LogP contribution in [0, 0.1) is 5.41 Å². The van der Waals surface area contributed by atoms with Crippen LogP contribution < -0.4 is 4.74 Å². The van der Waals surface area contributed by atoms with E-state index in [2.05, 4.69) is 4.99 Å². The largest absolute Gasteiger partial charge is 0.492 e. The standard InChI is InChI=1S/C23H21F3N2O3S2/c1-3-31-20-10-5-4-9-18(20)28-19(13-22(27)23(24,25)26)21-12-16(14-32-21)15-7-6-8-17(11-15)33(2,29)30/h4-12,14,27H,3,13H2,1-2H3. The first kappa shape index (κ1) is 24.7. The third-order valence-electron chi connectivity index (χ3n) is 4.59. The fourth-order valence-electron chi connectivity index (χ4n) is 2.97. The lowest BCUT2D eigenvalue weighted by Crippen LogP contribution is -2.24. The fourth-order valence-corrected chi connectivity index (χ4v) is 4.54. The van der Waals surface area contributed by atoms with Crippen molar-refractivity contribution < 1.29 is 26.3 Å². The summed E-state index contributed by atoms with van der Waals surface area (Å²) in [6, 6.07) is 14.7. The van der Waals surface area contributed by atoms with Crippen LogP contribution in [0.4, 0.5) is 18.9 Å². The van der Waals surface area contributed by atoms with Crippen LogP contribution in [0.25, 0.3) is 11.1 Å². The summed E-state index contributed by atoms with van der Waals surface area (Å²) in [5, 5.41) is 9.21. The van der Waals surface area contributed by atoms with E-state index in [-0.39, 0.29) is 10.6 Å². The molecule has 0 atom stereocenters. The third-order valence-corrected chi connectivity index (χ3v) is 6.68. The Kier molecular flexibility index (Phi) is 7.38. The minimum atomic E-state index is -4.77. The number of hydrogen-bond donors (Lipinski definition) is 1. The van der Waals surface area contributed by atoms with Gasteiger partial charge in [0.25, 0.3) is 0 Å². The van der Waals surface area contributed by atoms with Crippen LogP contribution in [-0.4, -0.2) is 38.9 Å². The van der Waals surface area contributed by atoms with Crippen LogP contribution in [0.2, 0.25) is 0 Å². The van der Waals surface area contributed by atoms with Crippen LogP contribution >= 0.6 is 11.3 Å². The first-order valence-corrected chi connectivity index (χ1v) is 12.6. The number of nitrogens with zero attached hydrogens (tertiary/aromatic N) is 1. The van der Waals surface area contributed by atoms with E-state index in [1.165, 1.54) is 23.5 Å². The van der Waals surface area contributed by atoms with E-state index in [9.17, 15) is 21.6 Å². The van der Waals surface area contributed by atoms with E-state index in [1.807, 2.05) is 0 Å². The Morgan fingerprint density at radius 2 is 1.82 bits per heavy atom. The minimum absolute atomic E-state index is 0.0694. The summed E-state index contributed by atoms with van der Waals surface area (Å²) in [5.74, 6) is 0.425. The van der Waals surface area contributed by atoms with Crippen molar-refractivity contribution in [3.05, 3.63) is 64.9 Å². The quantitative estimate of drug-likeness (QED) is 0.373. The van der Waals surface area contributed by atoms with Gasteiger partial charge in [-0.1, -0.05) is 24.3 Å². The monoisotopic (exact) mass is 494 g/mol. The van der Waals surface area contributed by atoms with Crippen LogP contribution in [0.1, 0.15) is 18.2 Å². The summed E-state index contributed by atoms with van der Waals surface area (Å²) in [5.41, 5.74) is 0.271. The second-order valence-corrected chi connectivity index (χ2v) is 10.0. The molecule has 0 saturated carbocycles. The molecule has 0 amide bonds. The summed E-state index contributed by atoms with van der Waals surface area (Å²) in [7, 11) is -3.41. The van der Waals surface area contributed by atoms with E-state index in [0.29, 0.717) is 34.0 Å². The van der Waals surface area contributed by atoms with Gasteiger partial charge < -0.3 is 10.1 Å². The molecule has 1 heterocycles. The maximum atomic E-state index is 13.1. The lowest BCUT2D eigenvalue weighted by molar-refractivity contribution is -0.0605. The number of aliphatic imine (C=N–C) groups is 1. The van der Waals surface area contributed by atoms with Gasteiger partial charge in [0.2, 0.25) is 0 Å². The van der Waals surface area contributed by atoms with E-state index in [0.717, 1.165) is 6.26 Å². The van der Waals surface area contributed by atoms with Crippen LogP contribution in [0.3, 0.4) is 0 Å². The number of rotatable bonds is 8. The molecule has 0 spiro atoms. The Hall–Kier alpha value is -2.98. The molecule has 0 radical (unpaired) electrons. The fraction of sp³-hybridized carbons (Fsp3) is 0.217. The molecule has 33 heavy (non-hydrogen) atoms. The second-order valence-electron chi connectivity index (χ2n) is 7.11. The van der Waals surface area contributed by atoms with Gasteiger partial charge in [0.1, 0.15) is 17.1 Å². The third kappa shape index (κ3) is 6.29. The molecule has 174 valence electrons. The van der Waals surface area contributed by atoms with Gasteiger partial charge >= 0.3 is 6.18 Å². The van der Waals surface area contributed by atoms with Crippen molar-refractivity contribution in [2.75, 3.05) is 12.9 Å². The summed E-state index contributed by atoms with van der Waals surface area (Å²) in [6.45, 7) is 2.15. The highest BCUT2D eigenvalue weighted by atomic mass is 32.2. The summed E-state index contributed by atoms with van der Waals surface area (Å²) < 4.78 is 68.7. The number of benzene rings is 2. The Bertz CT molecular complexity index is 1300. The predicted molar refractivity (Wildman–Crippen MR) is 125 cm³/mol. The molecule has 0 aliphatic rings. The lowest BCUT2D eigenvalue weighted by atomic mass is 10.1. The number of thiophene rings is 1. The molecule has 0 saturated heterocycles. The topological polar surface area (TPSA) is 79.6 Å². The smallest absolute Gasteiger partial charge is 0.429 e. The van der Waals surface area contributed by atoms with Gasteiger partial charge in [-0.15, -0.1) is 11.3 Å². The maximum Gasteiger partial charge on any atom is 0.429 e. The molecule has 1 N–H and O–H groups in total. The number of halogens is 3. The van der Waals surface area contributed by atoms with Crippen molar-refractivity contribution in [3.8, 4) is 16.9 Å². The van der Waals surface area contributed by atoms with Crippen molar-refractivity contribution in [3.63, 3.8) is 0 Å². The number of hydrogen-bond acceptors (Lipinski definition) is 6. The molecule has 3 aromatic rings. The van der Waals surface area contributed by atoms with E-state index in [4.69, 9.17) is 10.1 Å². The number of alkyl halides is 3. The molecular formula is C23H21F3N2O3S2. The zero-order valence-corrected chi connectivity index (χ0v) is 19.4. The summed E-state index contributed by atoms with van der Waals surface area (Å²) >= 11 is 1.17. The van der Waals surface area contributed by atoms with Crippen molar-refractivity contribution in [1.29, 1.82) is 5.41 Å². The Balaban J connectivity index is 2.06. The first-order valence-electron chi connectivity index (χ1n) is 9.82. The molecule has 5 nitrogen and oxygen atoms in total. The van der Waals surface area contributed by atoms with Crippen molar-refractivity contribution in [2.24, 2.45) is 4.99 Å². The second kappa shape index (κ2) is 9.88. The van der Waals surface area contributed by atoms with Crippen LogP contribution in [-0.2, 0) is 9.84 Å². The maximum absolute atomic E-state index is 13.1. The van der Waals surface area contributed by atoms with Gasteiger partial charge in [-0.2, -0.15) is 13.2 Å². The lowest BCUT2D eigenvalue weighted by Gasteiger charge is -2.11. The van der Waals surface area contributed by atoms with Crippen molar-refractivity contribution in [1.82, 2.24) is 0 Å². The number of nitrogens with one attached hydrogen (secondary N) is 1. The van der Waals surface area contributed by atoms with Crippen molar-refractivity contribution >= 4 is 38.3 Å². The van der Waals surface area contributed by atoms with E-state index >= 15 is 0 Å². The molecule has 0 unspecified atom stereocenters. The zero-order valence-electron chi connectivity index (χ0n) is 17.8. The average molecular weight is 495 g/mol. The molecule has 3 rings (SSSR count). The minimum Gasteiger partial charge on any atom is -0.492 e. The van der Waals surface area contributed by atoms with Gasteiger partial charge in [0.05, 0.1) is 17.2 Å².